The topological polar surface area (TPSA) is 163 Å². The van der Waals surface area contributed by atoms with Gasteiger partial charge in [-0.15, -0.1) is 11.7 Å². The zero-order valence-corrected chi connectivity index (χ0v) is 28.4. The molecule has 2 aliphatic carbocycles. The summed E-state index contributed by atoms with van der Waals surface area (Å²) >= 11 is 2.03. The minimum absolute atomic E-state index is 0.0288. The molecule has 2 fully saturated rings. The summed E-state index contributed by atoms with van der Waals surface area (Å²) in [6.45, 7) is 3.90. The van der Waals surface area contributed by atoms with Crippen LogP contribution < -0.4 is 15.4 Å². The van der Waals surface area contributed by atoms with E-state index in [1.165, 1.54) is 23.9 Å². The highest BCUT2D eigenvalue weighted by molar-refractivity contribution is 14.1. The maximum absolute atomic E-state index is 14.3. The number of anilines is 1. The molecule has 3 aromatic heterocycles. The first-order chi connectivity index (χ1) is 22.0. The molecule has 0 radical (unpaired) electrons. The third-order valence-electron chi connectivity index (χ3n) is 8.75. The van der Waals surface area contributed by atoms with Crippen LogP contribution in [-0.4, -0.2) is 56.7 Å². The van der Waals surface area contributed by atoms with Gasteiger partial charge in [-0.25, -0.2) is 17.4 Å². The number of nitro groups is 1. The number of benzene rings is 1. The molecule has 3 heterocycles. The second-order valence-electron chi connectivity index (χ2n) is 11.9. The lowest BCUT2D eigenvalue weighted by Gasteiger charge is -2.41. The molecule has 13 nitrogen and oxygen atoms in total. The number of pyridine rings is 1. The first-order valence-electron chi connectivity index (χ1n) is 14.9. The van der Waals surface area contributed by atoms with Crippen molar-refractivity contribution in [1.29, 1.82) is 0 Å². The summed E-state index contributed by atoms with van der Waals surface area (Å²) in [4.78, 5) is 29.0. The van der Waals surface area contributed by atoms with Gasteiger partial charge in [0.25, 0.3) is 10.0 Å². The molecule has 2 aliphatic rings. The summed E-state index contributed by atoms with van der Waals surface area (Å²) < 4.78 is 37.2. The average Bonchev–Trinajstić information content (AvgIpc) is 3.76. The second kappa shape index (κ2) is 12.3. The zero-order valence-electron chi connectivity index (χ0n) is 25.4. The van der Waals surface area contributed by atoms with E-state index in [9.17, 15) is 23.3 Å². The number of carbonyl (C=O) groups is 1. The Morgan fingerprint density at radius 1 is 1.24 bits per heavy atom. The van der Waals surface area contributed by atoms with Crippen LogP contribution in [0.3, 0.4) is 0 Å². The Bertz CT molecular complexity index is 1940. The number of carbonyl (C=O) groups excluding carboxylic acids is 1. The number of hydrogen-bond donors (Lipinski definition) is 2. The molecule has 0 spiro atoms. The van der Waals surface area contributed by atoms with Gasteiger partial charge >= 0.3 is 5.69 Å². The third kappa shape index (κ3) is 5.74. The van der Waals surface area contributed by atoms with Crippen molar-refractivity contribution in [1.82, 2.24) is 24.1 Å². The second-order valence-corrected chi connectivity index (χ2v) is 14.8. The van der Waals surface area contributed by atoms with E-state index in [1.54, 1.807) is 31.4 Å². The smallest absolute Gasteiger partial charge is 0.311 e. The fraction of sp³-hybridized carbons (Fsp3) is 0.387. The van der Waals surface area contributed by atoms with Gasteiger partial charge in [0, 0.05) is 30.7 Å². The fourth-order valence-corrected chi connectivity index (χ4v) is 8.99. The minimum atomic E-state index is -4.25. The number of hydrogen-bond acceptors (Lipinski definition) is 9. The lowest BCUT2D eigenvalue weighted by atomic mass is 9.77. The Morgan fingerprint density at radius 2 is 1.93 bits per heavy atom. The van der Waals surface area contributed by atoms with Crippen molar-refractivity contribution in [2.24, 2.45) is 13.0 Å². The van der Waals surface area contributed by atoms with Gasteiger partial charge in [0.05, 0.1) is 37.1 Å². The third-order valence-corrected chi connectivity index (χ3v) is 11.5. The average molecular weight is 760 g/mol. The molecular formula is C31H34IN7O6S. The number of nitrogens with zero attached hydrogens (tertiary/aromatic N) is 5. The molecule has 1 aromatic carbocycles. The molecule has 46 heavy (non-hydrogen) atoms. The Hall–Kier alpha value is -3.99. The quantitative estimate of drug-likeness (QED) is 0.0884. The summed E-state index contributed by atoms with van der Waals surface area (Å²) in [5, 5.41) is 23.7. The Morgan fingerprint density at radius 3 is 2.54 bits per heavy atom. The van der Waals surface area contributed by atoms with E-state index < -0.39 is 20.5 Å². The molecule has 2 N–H and O–H groups in total. The molecule has 2 saturated carbocycles. The van der Waals surface area contributed by atoms with Crippen molar-refractivity contribution in [2.45, 2.75) is 61.4 Å². The van der Waals surface area contributed by atoms with Crippen LogP contribution in [0.25, 0.3) is 22.3 Å². The highest BCUT2D eigenvalue weighted by Crippen LogP contribution is 2.46. The van der Waals surface area contributed by atoms with Crippen LogP contribution in [0.2, 0.25) is 0 Å². The maximum atomic E-state index is 14.3. The van der Waals surface area contributed by atoms with Crippen LogP contribution in [0.15, 0.2) is 60.3 Å². The van der Waals surface area contributed by atoms with E-state index in [0.717, 1.165) is 23.0 Å². The molecule has 0 aliphatic heterocycles. The number of nitrogens with one attached hydrogen (secondary N) is 2. The van der Waals surface area contributed by atoms with Crippen LogP contribution in [0.4, 0.5) is 11.4 Å². The van der Waals surface area contributed by atoms with E-state index in [4.69, 9.17) is 4.74 Å². The molecule has 1 amide bonds. The van der Waals surface area contributed by atoms with E-state index in [-0.39, 0.29) is 51.4 Å². The SMILES string of the molecule is C=CCC1(NC(=O)C2CC2)CCC(Nc2c([N+](=O)[O-])cnc3c2c(I)c(-c2cn(C)nc2OC)n3S(=O)(=O)c2ccccc2)CC1. The number of ether oxygens (including phenoxy) is 1. The monoisotopic (exact) mass is 759 g/mol. The Labute approximate surface area is 279 Å². The van der Waals surface area contributed by atoms with Gasteiger partial charge in [-0.3, -0.25) is 19.6 Å². The van der Waals surface area contributed by atoms with Crippen molar-refractivity contribution in [3.05, 3.63) is 69.1 Å². The van der Waals surface area contributed by atoms with Gasteiger partial charge in [-0.1, -0.05) is 24.3 Å². The molecule has 242 valence electrons. The van der Waals surface area contributed by atoms with Crippen molar-refractivity contribution >= 4 is 60.9 Å². The molecule has 0 atom stereocenters. The Kier molecular flexibility index (Phi) is 8.56. The van der Waals surface area contributed by atoms with Crippen molar-refractivity contribution < 1.29 is 22.9 Å². The number of aromatic nitrogens is 4. The molecule has 6 rings (SSSR count). The standard InChI is InChI=1S/C31H34IN7O6S/c1-4-14-31(35-29(40)19-10-11-19)15-12-20(13-16-31)34-26-23(39(41)42)17-33-28-24(26)25(32)27(22-18-37(2)36-30(22)45-3)38(28)46(43,44)21-8-6-5-7-9-21/h4-9,17-20H,1,10-16H2,2-3H3,(H,33,34)(H,35,40). The number of aryl methyl sites for hydroxylation is 1. The molecule has 0 saturated heterocycles. The number of rotatable bonds is 11. The lowest BCUT2D eigenvalue weighted by molar-refractivity contribution is -0.384. The van der Waals surface area contributed by atoms with Crippen LogP contribution in [0.5, 0.6) is 5.88 Å². The predicted octanol–water partition coefficient (Wildman–Crippen LogP) is 5.39. The molecular weight excluding hydrogens is 725 g/mol. The van der Waals surface area contributed by atoms with Crippen molar-refractivity contribution in [3.63, 3.8) is 0 Å². The normalized spacial score (nSPS) is 19.9. The lowest BCUT2D eigenvalue weighted by Crippen LogP contribution is -2.52. The van der Waals surface area contributed by atoms with E-state index in [0.29, 0.717) is 46.6 Å². The first kappa shape index (κ1) is 32.0. The summed E-state index contributed by atoms with van der Waals surface area (Å²) in [6, 6.07) is 7.77. The first-order valence-corrected chi connectivity index (χ1v) is 17.5. The van der Waals surface area contributed by atoms with Crippen molar-refractivity contribution in [2.75, 3.05) is 12.4 Å². The summed E-state index contributed by atoms with van der Waals surface area (Å²) in [5.74, 6) is 0.348. The largest absolute Gasteiger partial charge is 0.479 e. The van der Waals surface area contributed by atoms with Crippen LogP contribution in [-0.2, 0) is 21.9 Å². The molecule has 0 unspecified atom stereocenters. The Balaban J connectivity index is 1.48. The zero-order chi connectivity index (χ0) is 32.8. The van der Waals surface area contributed by atoms with Crippen molar-refractivity contribution in [3.8, 4) is 17.1 Å². The van der Waals surface area contributed by atoms with E-state index in [2.05, 4.69) is 27.3 Å². The molecule has 15 heteroatoms. The highest BCUT2D eigenvalue weighted by Gasteiger charge is 2.41. The van der Waals surface area contributed by atoms with Crippen LogP contribution in [0.1, 0.15) is 44.9 Å². The number of fused-ring (bicyclic) bond motifs is 1. The van der Waals surface area contributed by atoms with Gasteiger partial charge in [0.1, 0.15) is 11.9 Å². The fourth-order valence-electron chi connectivity index (χ4n) is 6.28. The highest BCUT2D eigenvalue weighted by atomic mass is 127. The molecule has 0 bridgehead atoms. The van der Waals surface area contributed by atoms with E-state index >= 15 is 0 Å². The number of amides is 1. The van der Waals surface area contributed by atoms with Gasteiger partial charge < -0.3 is 15.4 Å². The number of halogens is 1. The van der Waals surface area contributed by atoms with Crippen LogP contribution >= 0.6 is 22.6 Å². The predicted molar refractivity (Wildman–Crippen MR) is 181 cm³/mol. The van der Waals surface area contributed by atoms with E-state index in [1.807, 2.05) is 28.7 Å². The van der Waals surface area contributed by atoms with Gasteiger partial charge in [-0.05, 0) is 79.7 Å². The van der Waals surface area contributed by atoms with Crippen LogP contribution in [0, 0.1) is 19.6 Å². The van der Waals surface area contributed by atoms with Gasteiger partial charge in [-0.2, -0.15) is 0 Å². The minimum Gasteiger partial charge on any atom is -0.479 e. The molecule has 4 aromatic rings. The number of methoxy groups -OCH3 is 1. The van der Waals surface area contributed by atoms with Gasteiger partial charge in [0.15, 0.2) is 5.65 Å². The van der Waals surface area contributed by atoms with Gasteiger partial charge in [0.2, 0.25) is 11.8 Å². The summed E-state index contributed by atoms with van der Waals surface area (Å²) in [6.07, 6.45) is 9.60. The summed E-state index contributed by atoms with van der Waals surface area (Å²) in [5.41, 5.74) is 0.166. The summed E-state index contributed by atoms with van der Waals surface area (Å²) in [7, 11) is -1.12. The maximum Gasteiger partial charge on any atom is 0.311 e.